The van der Waals surface area contributed by atoms with Gasteiger partial charge in [0.2, 0.25) is 5.91 Å². The van der Waals surface area contributed by atoms with Crippen LogP contribution in [-0.2, 0) is 20.9 Å². The molecule has 1 amide bonds. The molecule has 35 heavy (non-hydrogen) atoms. The van der Waals surface area contributed by atoms with Gasteiger partial charge >= 0.3 is 5.97 Å². The van der Waals surface area contributed by atoms with Crippen LogP contribution in [0.5, 0.6) is 10.9 Å². The number of fused-ring (bicyclic) bond motifs is 3. The fraction of sp³-hybridized carbons (Fsp3) is 0.444. The first kappa shape index (κ1) is 23.8. The van der Waals surface area contributed by atoms with Crippen molar-refractivity contribution in [1.82, 2.24) is 14.8 Å². The predicted molar refractivity (Wildman–Crippen MR) is 136 cm³/mol. The van der Waals surface area contributed by atoms with Crippen LogP contribution in [0.4, 0.5) is 0 Å². The molecular weight excluding hydrogens is 462 g/mol. The number of amides is 1. The van der Waals surface area contributed by atoms with Crippen molar-refractivity contribution in [3.05, 3.63) is 54.1 Å². The minimum Gasteiger partial charge on any atom is -0.460 e. The number of hydrogen-bond donors (Lipinski definition) is 0. The number of benzene rings is 2. The number of thiazole rings is 1. The molecule has 3 heterocycles. The van der Waals surface area contributed by atoms with Crippen molar-refractivity contribution in [2.75, 3.05) is 13.1 Å². The fourth-order valence-corrected chi connectivity index (χ4v) is 5.72. The van der Waals surface area contributed by atoms with Crippen LogP contribution < -0.4 is 4.74 Å². The lowest BCUT2D eigenvalue weighted by Crippen LogP contribution is -2.48. The van der Waals surface area contributed by atoms with Gasteiger partial charge in [0, 0.05) is 38.1 Å². The van der Waals surface area contributed by atoms with Crippen LogP contribution >= 0.6 is 11.3 Å². The van der Waals surface area contributed by atoms with E-state index in [1.807, 2.05) is 62.1 Å². The van der Waals surface area contributed by atoms with E-state index in [1.54, 1.807) is 11.3 Å². The van der Waals surface area contributed by atoms with Gasteiger partial charge in [-0.1, -0.05) is 35.6 Å². The molecule has 0 radical (unpaired) electrons. The third-order valence-corrected chi connectivity index (χ3v) is 7.34. The van der Waals surface area contributed by atoms with E-state index >= 15 is 0 Å². The standard InChI is InChI=1S/C27H31N3O4S/c1-27(2,3)34-25(32)13-12-24(31)30-17-19-14-20(30)16-29(19)15-18-8-10-21(11-9-18)33-26-28-22-6-4-5-7-23(22)35-26/h4-11,19-20H,12-17H2,1-3H3. The third kappa shape index (κ3) is 5.65. The van der Waals surface area contributed by atoms with Gasteiger partial charge in [0.15, 0.2) is 0 Å². The monoisotopic (exact) mass is 493 g/mol. The molecule has 0 N–H and O–H groups in total. The van der Waals surface area contributed by atoms with Gasteiger partial charge in [0.1, 0.15) is 11.4 Å². The number of nitrogens with zero attached hydrogens (tertiary/aromatic N) is 3. The van der Waals surface area contributed by atoms with Crippen LogP contribution in [0.3, 0.4) is 0 Å². The van der Waals surface area contributed by atoms with Gasteiger partial charge in [-0.3, -0.25) is 14.5 Å². The summed E-state index contributed by atoms with van der Waals surface area (Å²) < 4.78 is 12.4. The molecule has 2 saturated heterocycles. The van der Waals surface area contributed by atoms with Gasteiger partial charge in [-0.05, 0) is 57.0 Å². The number of piperazine rings is 1. The number of rotatable bonds is 7. The molecular formula is C27H31N3O4S. The van der Waals surface area contributed by atoms with Gasteiger partial charge in [-0.15, -0.1) is 0 Å². The van der Waals surface area contributed by atoms with E-state index in [4.69, 9.17) is 9.47 Å². The third-order valence-electron chi connectivity index (χ3n) is 6.43. The summed E-state index contributed by atoms with van der Waals surface area (Å²) in [6.45, 7) is 7.96. The van der Waals surface area contributed by atoms with Crippen LogP contribution in [0.15, 0.2) is 48.5 Å². The summed E-state index contributed by atoms with van der Waals surface area (Å²) in [7, 11) is 0. The molecule has 0 aliphatic carbocycles. The van der Waals surface area contributed by atoms with Crippen molar-refractivity contribution in [3.8, 4) is 10.9 Å². The summed E-state index contributed by atoms with van der Waals surface area (Å²) in [6, 6.07) is 16.8. The zero-order valence-corrected chi connectivity index (χ0v) is 21.2. The van der Waals surface area contributed by atoms with Crippen molar-refractivity contribution in [2.45, 2.75) is 64.3 Å². The molecule has 2 unspecified atom stereocenters. The van der Waals surface area contributed by atoms with Crippen molar-refractivity contribution >= 4 is 33.4 Å². The molecule has 2 aliphatic heterocycles. The maximum Gasteiger partial charge on any atom is 0.306 e. The lowest BCUT2D eigenvalue weighted by atomic mass is 10.1. The van der Waals surface area contributed by atoms with E-state index in [2.05, 4.69) is 22.0 Å². The molecule has 0 saturated carbocycles. The van der Waals surface area contributed by atoms with E-state index in [0.29, 0.717) is 11.2 Å². The minimum atomic E-state index is -0.521. The van der Waals surface area contributed by atoms with Gasteiger partial charge in [0.05, 0.1) is 16.6 Å². The smallest absolute Gasteiger partial charge is 0.306 e. The Morgan fingerprint density at radius 1 is 1.03 bits per heavy atom. The SMILES string of the molecule is CC(C)(C)OC(=O)CCC(=O)N1CC2CC1CN2Cc1ccc(Oc2nc3ccccc3s2)cc1. The quantitative estimate of drug-likeness (QED) is 0.432. The van der Waals surface area contributed by atoms with Crippen LogP contribution in [-0.4, -0.2) is 57.4 Å². The highest BCUT2D eigenvalue weighted by Crippen LogP contribution is 2.34. The molecule has 0 spiro atoms. The normalized spacial score (nSPS) is 19.9. The number of carbonyl (C=O) groups excluding carboxylic acids is 2. The highest BCUT2D eigenvalue weighted by atomic mass is 32.1. The highest BCUT2D eigenvalue weighted by molar-refractivity contribution is 7.20. The Labute approximate surface area is 209 Å². The lowest BCUT2D eigenvalue weighted by Gasteiger charge is -2.34. The summed E-state index contributed by atoms with van der Waals surface area (Å²) in [6.07, 6.45) is 1.35. The second-order valence-electron chi connectivity index (χ2n) is 10.3. The Bertz CT molecular complexity index is 1180. The molecule has 184 valence electrons. The summed E-state index contributed by atoms with van der Waals surface area (Å²) in [5.41, 5.74) is 1.65. The highest BCUT2D eigenvalue weighted by Gasteiger charge is 2.44. The average Bonchev–Trinajstić information content (AvgIpc) is 3.51. The second-order valence-corrected chi connectivity index (χ2v) is 11.3. The summed E-state index contributed by atoms with van der Waals surface area (Å²) in [4.78, 5) is 33.6. The molecule has 8 heteroatoms. The lowest BCUT2D eigenvalue weighted by molar-refractivity contribution is -0.156. The van der Waals surface area contributed by atoms with Crippen LogP contribution in [0, 0.1) is 0 Å². The molecule has 5 rings (SSSR count). The van der Waals surface area contributed by atoms with E-state index in [1.165, 1.54) is 5.56 Å². The first-order valence-corrected chi connectivity index (χ1v) is 12.9. The number of carbonyl (C=O) groups is 2. The van der Waals surface area contributed by atoms with Gasteiger partial charge in [0.25, 0.3) is 5.19 Å². The number of aromatic nitrogens is 1. The average molecular weight is 494 g/mol. The first-order valence-electron chi connectivity index (χ1n) is 12.1. The summed E-state index contributed by atoms with van der Waals surface area (Å²) >= 11 is 1.54. The maximum atomic E-state index is 12.7. The molecule has 2 aliphatic rings. The molecule has 1 aromatic heterocycles. The summed E-state index contributed by atoms with van der Waals surface area (Å²) in [5, 5.41) is 0.646. The van der Waals surface area contributed by atoms with E-state index < -0.39 is 5.60 Å². The van der Waals surface area contributed by atoms with Crippen molar-refractivity contribution < 1.29 is 19.1 Å². The largest absolute Gasteiger partial charge is 0.460 e. The number of ether oxygens (including phenoxy) is 2. The van der Waals surface area contributed by atoms with E-state index in [-0.39, 0.29) is 30.8 Å². The maximum absolute atomic E-state index is 12.7. The Balaban J connectivity index is 1.10. The number of likely N-dealkylation sites (tertiary alicyclic amines) is 2. The molecule has 7 nitrogen and oxygen atoms in total. The molecule has 2 aromatic carbocycles. The number of hydrogen-bond acceptors (Lipinski definition) is 7. The zero-order chi connectivity index (χ0) is 24.6. The number of esters is 1. The van der Waals surface area contributed by atoms with Crippen molar-refractivity contribution in [3.63, 3.8) is 0 Å². The number of para-hydroxylation sites is 1. The Morgan fingerprint density at radius 2 is 1.80 bits per heavy atom. The Kier molecular flexibility index (Phi) is 6.51. The molecule has 2 atom stereocenters. The molecule has 2 bridgehead atoms. The Morgan fingerprint density at radius 3 is 2.49 bits per heavy atom. The van der Waals surface area contributed by atoms with Gasteiger partial charge < -0.3 is 14.4 Å². The van der Waals surface area contributed by atoms with Crippen LogP contribution in [0.1, 0.15) is 45.6 Å². The first-order chi connectivity index (χ1) is 16.7. The van der Waals surface area contributed by atoms with Crippen LogP contribution in [0.25, 0.3) is 10.2 Å². The minimum absolute atomic E-state index is 0.0550. The van der Waals surface area contributed by atoms with Gasteiger partial charge in [-0.25, -0.2) is 4.98 Å². The topological polar surface area (TPSA) is 72.0 Å². The second kappa shape index (κ2) is 9.59. The van der Waals surface area contributed by atoms with E-state index in [9.17, 15) is 9.59 Å². The zero-order valence-electron chi connectivity index (χ0n) is 20.4. The van der Waals surface area contributed by atoms with Crippen molar-refractivity contribution in [1.29, 1.82) is 0 Å². The fourth-order valence-electron chi connectivity index (χ4n) is 4.89. The van der Waals surface area contributed by atoms with Gasteiger partial charge in [-0.2, -0.15) is 0 Å². The van der Waals surface area contributed by atoms with E-state index in [0.717, 1.165) is 42.0 Å². The Hall–Kier alpha value is -2.97. The predicted octanol–water partition coefficient (Wildman–Crippen LogP) is 5.00. The van der Waals surface area contributed by atoms with Crippen LogP contribution in [0.2, 0.25) is 0 Å². The summed E-state index contributed by atoms with van der Waals surface area (Å²) in [5.74, 6) is 0.518. The molecule has 2 fully saturated rings. The van der Waals surface area contributed by atoms with Crippen molar-refractivity contribution in [2.24, 2.45) is 0 Å². The molecule has 3 aromatic rings.